The van der Waals surface area contributed by atoms with Crippen molar-refractivity contribution in [2.24, 2.45) is 0 Å². The summed E-state index contributed by atoms with van der Waals surface area (Å²) in [5.41, 5.74) is 4.44. The molecule has 0 atom stereocenters. The minimum Gasteiger partial charge on any atom is -0.497 e. The molecule has 0 fully saturated rings. The molecule has 2 aromatic carbocycles. The summed E-state index contributed by atoms with van der Waals surface area (Å²) in [7, 11) is 5.58. The Bertz CT molecular complexity index is 1440. The Hall–Kier alpha value is -4.15. The molecule has 2 heterocycles. The predicted molar refractivity (Wildman–Crippen MR) is 135 cm³/mol. The van der Waals surface area contributed by atoms with Crippen molar-refractivity contribution in [1.82, 2.24) is 14.5 Å². The number of nitrogens with zero attached hydrogens (tertiary/aromatic N) is 4. The van der Waals surface area contributed by atoms with Crippen LogP contribution in [0.5, 0.6) is 5.75 Å². The van der Waals surface area contributed by atoms with Crippen molar-refractivity contribution in [3.8, 4) is 34.3 Å². The topological polar surface area (TPSA) is 84.3 Å². The number of hydrogen-bond acceptors (Lipinski definition) is 6. The second-order valence-corrected chi connectivity index (χ2v) is 8.72. The molecule has 0 saturated carbocycles. The van der Waals surface area contributed by atoms with E-state index >= 15 is 0 Å². The van der Waals surface area contributed by atoms with Gasteiger partial charge in [0.1, 0.15) is 5.75 Å². The van der Waals surface area contributed by atoms with Crippen molar-refractivity contribution in [2.75, 3.05) is 27.7 Å². The van der Waals surface area contributed by atoms with E-state index in [4.69, 9.17) is 9.15 Å². The molecule has 0 radical (unpaired) electrons. The summed E-state index contributed by atoms with van der Waals surface area (Å²) in [6.45, 7) is 3.37. The highest BCUT2D eigenvalue weighted by Crippen LogP contribution is 2.28. The molecule has 0 N–H and O–H groups in total. The number of methoxy groups -OCH3 is 1. The summed E-state index contributed by atoms with van der Waals surface area (Å²) in [5.74, 6) is 1.89. The van der Waals surface area contributed by atoms with Crippen LogP contribution in [0.25, 0.3) is 22.5 Å². The van der Waals surface area contributed by atoms with Gasteiger partial charge in [-0.3, -0.25) is 4.79 Å². The van der Waals surface area contributed by atoms with Crippen LogP contribution >= 0.6 is 0 Å². The van der Waals surface area contributed by atoms with Gasteiger partial charge in [-0.2, -0.15) is 5.26 Å². The van der Waals surface area contributed by atoms with E-state index in [1.54, 1.807) is 42.3 Å². The zero-order chi connectivity index (χ0) is 24.9. The van der Waals surface area contributed by atoms with Gasteiger partial charge >= 0.3 is 0 Å². The van der Waals surface area contributed by atoms with E-state index in [-0.39, 0.29) is 5.56 Å². The Morgan fingerprint density at radius 3 is 2.69 bits per heavy atom. The lowest BCUT2D eigenvalue weighted by atomic mass is 10.00. The van der Waals surface area contributed by atoms with E-state index in [2.05, 4.69) is 11.1 Å². The van der Waals surface area contributed by atoms with E-state index in [1.165, 1.54) is 0 Å². The number of hydrogen-bond donors (Lipinski definition) is 0. The number of rotatable bonds is 8. The second-order valence-electron chi connectivity index (χ2n) is 8.72. The van der Waals surface area contributed by atoms with Crippen molar-refractivity contribution >= 4 is 0 Å². The monoisotopic (exact) mass is 468 g/mol. The molecule has 7 heteroatoms. The Morgan fingerprint density at radius 2 is 1.94 bits per heavy atom. The fourth-order valence-electron chi connectivity index (χ4n) is 3.88. The first kappa shape index (κ1) is 24.0. The Balaban J connectivity index is 1.68. The van der Waals surface area contributed by atoms with Gasteiger partial charge in [-0.1, -0.05) is 6.07 Å². The smallest absolute Gasteiger partial charge is 0.258 e. The van der Waals surface area contributed by atoms with Crippen LogP contribution in [0, 0.1) is 18.3 Å². The van der Waals surface area contributed by atoms with Gasteiger partial charge in [-0.15, -0.1) is 0 Å². The van der Waals surface area contributed by atoms with Crippen LogP contribution in [0.1, 0.15) is 22.6 Å². The number of pyridine rings is 1. The Labute approximate surface area is 204 Å². The van der Waals surface area contributed by atoms with Gasteiger partial charge in [0.15, 0.2) is 11.7 Å². The molecular weight excluding hydrogens is 440 g/mol. The first-order valence-corrected chi connectivity index (χ1v) is 11.4. The van der Waals surface area contributed by atoms with Crippen LogP contribution in [0.3, 0.4) is 0 Å². The number of ether oxygens (including phenoxy) is 1. The predicted octanol–water partition coefficient (Wildman–Crippen LogP) is 4.51. The molecule has 2 aromatic heterocycles. The third kappa shape index (κ3) is 5.51. The van der Waals surface area contributed by atoms with Crippen molar-refractivity contribution < 1.29 is 9.15 Å². The van der Waals surface area contributed by atoms with E-state index in [0.29, 0.717) is 46.9 Å². The molecule has 0 bridgehead atoms. The third-order valence-corrected chi connectivity index (χ3v) is 5.92. The van der Waals surface area contributed by atoms with Gasteiger partial charge in [-0.05, 0) is 80.2 Å². The summed E-state index contributed by atoms with van der Waals surface area (Å²) in [6, 6.07) is 17.1. The molecule has 0 unspecified atom stereocenters. The van der Waals surface area contributed by atoms with Crippen LogP contribution in [0.4, 0.5) is 0 Å². The Kier molecular flexibility index (Phi) is 7.14. The molecule has 35 heavy (non-hydrogen) atoms. The minimum atomic E-state index is -0.0952. The lowest BCUT2D eigenvalue weighted by Crippen LogP contribution is -2.26. The first-order valence-electron chi connectivity index (χ1n) is 11.4. The molecule has 4 rings (SSSR count). The maximum absolute atomic E-state index is 13.1. The standard InChI is InChI=1S/C28H28N4O3/c1-19-7-8-24(34-4)15-21(19)16-27-30-18-26(35-27)23-13-20(17-29)12-22(14-23)25-6-5-9-32(28(25)33)11-10-31(2)3/h5-9,12-15,18H,10-11,16H2,1-4H3. The lowest BCUT2D eigenvalue weighted by molar-refractivity contribution is 0.381. The lowest BCUT2D eigenvalue weighted by Gasteiger charge is -2.12. The summed E-state index contributed by atoms with van der Waals surface area (Å²) < 4.78 is 13.1. The molecule has 7 nitrogen and oxygen atoms in total. The maximum Gasteiger partial charge on any atom is 0.258 e. The Morgan fingerprint density at radius 1 is 1.14 bits per heavy atom. The number of likely N-dealkylation sites (N-methyl/N-ethyl adjacent to an activating group) is 1. The van der Waals surface area contributed by atoms with Crippen LogP contribution in [-0.4, -0.2) is 42.2 Å². The molecule has 0 spiro atoms. The zero-order valence-electron chi connectivity index (χ0n) is 20.4. The normalized spacial score (nSPS) is 11.0. The van der Waals surface area contributed by atoms with Gasteiger partial charge in [0.05, 0.1) is 24.9 Å². The second kappa shape index (κ2) is 10.4. The van der Waals surface area contributed by atoms with Crippen molar-refractivity contribution in [1.29, 1.82) is 5.26 Å². The summed E-state index contributed by atoms with van der Waals surface area (Å²) >= 11 is 0. The average Bonchev–Trinajstić information content (AvgIpc) is 3.33. The quantitative estimate of drug-likeness (QED) is 0.378. The number of oxazole rings is 1. The van der Waals surface area contributed by atoms with Crippen LogP contribution in [-0.2, 0) is 13.0 Å². The summed E-state index contributed by atoms with van der Waals surface area (Å²) in [4.78, 5) is 19.6. The molecule has 0 amide bonds. The van der Waals surface area contributed by atoms with Gasteiger partial charge in [0.2, 0.25) is 0 Å². The minimum absolute atomic E-state index is 0.0952. The molecule has 178 valence electrons. The van der Waals surface area contributed by atoms with E-state index in [1.807, 2.05) is 56.3 Å². The number of aromatic nitrogens is 2. The SMILES string of the molecule is COc1ccc(C)c(Cc2ncc(-c3cc(C#N)cc(-c4cccn(CCN(C)C)c4=O)c3)o2)c1. The first-order chi connectivity index (χ1) is 16.9. The number of benzene rings is 2. The van der Waals surface area contributed by atoms with E-state index in [0.717, 1.165) is 23.4 Å². The van der Waals surface area contributed by atoms with E-state index < -0.39 is 0 Å². The van der Waals surface area contributed by atoms with Gasteiger partial charge < -0.3 is 18.6 Å². The average molecular weight is 469 g/mol. The van der Waals surface area contributed by atoms with Gasteiger partial charge in [0, 0.05) is 36.8 Å². The van der Waals surface area contributed by atoms with Crippen molar-refractivity contribution in [2.45, 2.75) is 19.9 Å². The summed E-state index contributed by atoms with van der Waals surface area (Å²) in [5, 5.41) is 9.63. The van der Waals surface area contributed by atoms with Crippen molar-refractivity contribution in [3.63, 3.8) is 0 Å². The van der Waals surface area contributed by atoms with Crippen LogP contribution in [0.2, 0.25) is 0 Å². The number of nitriles is 1. The summed E-state index contributed by atoms with van der Waals surface area (Å²) in [6.07, 6.45) is 3.96. The number of aryl methyl sites for hydroxylation is 1. The van der Waals surface area contributed by atoms with E-state index in [9.17, 15) is 10.1 Å². The largest absolute Gasteiger partial charge is 0.497 e. The van der Waals surface area contributed by atoms with Crippen molar-refractivity contribution in [3.05, 3.63) is 93.9 Å². The highest BCUT2D eigenvalue weighted by molar-refractivity contribution is 5.72. The highest BCUT2D eigenvalue weighted by Gasteiger charge is 2.14. The third-order valence-electron chi connectivity index (χ3n) is 5.92. The molecule has 0 aliphatic rings. The highest BCUT2D eigenvalue weighted by atomic mass is 16.5. The molecule has 0 saturated heterocycles. The molecule has 4 aromatic rings. The fraction of sp³-hybridized carbons (Fsp3) is 0.250. The van der Waals surface area contributed by atoms with Crippen LogP contribution < -0.4 is 10.3 Å². The van der Waals surface area contributed by atoms with Gasteiger partial charge in [-0.25, -0.2) is 4.98 Å². The fourth-order valence-corrected chi connectivity index (χ4v) is 3.88. The molecule has 0 aliphatic heterocycles. The molecular formula is C28H28N4O3. The molecule has 0 aliphatic carbocycles. The zero-order valence-corrected chi connectivity index (χ0v) is 20.4. The van der Waals surface area contributed by atoms with Crippen LogP contribution in [0.15, 0.2) is 70.1 Å². The maximum atomic E-state index is 13.1. The van der Waals surface area contributed by atoms with Gasteiger partial charge in [0.25, 0.3) is 5.56 Å².